The van der Waals surface area contributed by atoms with Crippen LogP contribution in [0.2, 0.25) is 0 Å². The molecule has 1 saturated heterocycles. The van der Waals surface area contributed by atoms with Crippen LogP contribution in [-0.2, 0) is 14.2 Å². The number of fused-ring (bicyclic) bond motifs is 1. The number of aromatic hydroxyl groups is 8. The van der Waals surface area contributed by atoms with Crippen LogP contribution in [0.3, 0.4) is 0 Å². The predicted octanol–water partition coefficient (Wildman–Crippen LogP) is 1.81. The number of esters is 2. The summed E-state index contributed by atoms with van der Waals surface area (Å²) in [7, 11) is 0. The SMILES string of the molecule is CC(C)c1cc(=O)c2c(O)cc(O)c([C@@H]3O[C@H](CO)[C@@H](O)[C@H](OC(=O)c4cc(O)c(O)c(O)c4)[C@H]3OC(=O)c3cc(O)c(O)c(O)c3)c2o1. The number of hydrogen-bond acceptors (Lipinski definition) is 17. The van der Waals surface area contributed by atoms with Gasteiger partial charge in [0.1, 0.15) is 41.0 Å². The van der Waals surface area contributed by atoms with Crippen molar-refractivity contribution in [3.05, 3.63) is 69.1 Å². The molecule has 0 unspecified atom stereocenters. The summed E-state index contributed by atoms with van der Waals surface area (Å²) in [6, 6.07) is 4.66. The second-order valence-corrected chi connectivity index (χ2v) is 11.4. The minimum absolute atomic E-state index is 0.0804. The molecule has 1 aliphatic heterocycles. The lowest BCUT2D eigenvalue weighted by atomic mass is 9.89. The molecule has 49 heavy (non-hydrogen) atoms. The Labute approximate surface area is 274 Å². The van der Waals surface area contributed by atoms with Crippen molar-refractivity contribution < 1.29 is 79.3 Å². The van der Waals surface area contributed by atoms with E-state index in [4.69, 9.17) is 18.6 Å². The van der Waals surface area contributed by atoms with Crippen LogP contribution in [-0.4, -0.2) is 94.0 Å². The lowest BCUT2D eigenvalue weighted by Gasteiger charge is -2.43. The van der Waals surface area contributed by atoms with Gasteiger partial charge in [0.25, 0.3) is 0 Å². The second-order valence-electron chi connectivity index (χ2n) is 11.4. The molecule has 2 heterocycles. The first-order valence-corrected chi connectivity index (χ1v) is 14.4. The molecule has 0 radical (unpaired) electrons. The van der Waals surface area contributed by atoms with Gasteiger partial charge in [-0.25, -0.2) is 9.59 Å². The number of ether oxygens (including phenoxy) is 3. The number of carbonyl (C=O) groups is 2. The smallest absolute Gasteiger partial charge is 0.338 e. The fraction of sp³-hybridized carbons (Fsp3) is 0.281. The molecule has 10 N–H and O–H groups in total. The zero-order valence-corrected chi connectivity index (χ0v) is 25.5. The minimum Gasteiger partial charge on any atom is -0.507 e. The number of aliphatic hydroxyl groups is 2. The third-order valence-electron chi connectivity index (χ3n) is 7.81. The minimum atomic E-state index is -2.06. The Morgan fingerprint density at radius 1 is 0.735 bits per heavy atom. The number of benzene rings is 3. The van der Waals surface area contributed by atoms with Crippen LogP contribution in [0.5, 0.6) is 46.0 Å². The number of phenols is 8. The van der Waals surface area contributed by atoms with Crippen molar-refractivity contribution in [2.24, 2.45) is 0 Å². The highest BCUT2D eigenvalue weighted by Crippen LogP contribution is 2.46. The van der Waals surface area contributed by atoms with E-state index in [2.05, 4.69) is 0 Å². The van der Waals surface area contributed by atoms with E-state index < -0.39 is 134 Å². The average molecular weight is 687 g/mol. The number of phenolic OH excluding ortho intramolecular Hbond substituents is 8. The van der Waals surface area contributed by atoms with E-state index >= 15 is 0 Å². The number of hydrogen-bond donors (Lipinski definition) is 10. The molecule has 4 aromatic rings. The van der Waals surface area contributed by atoms with Crippen molar-refractivity contribution in [2.45, 2.75) is 50.3 Å². The molecular formula is C32H30O17. The zero-order chi connectivity index (χ0) is 36.1. The highest BCUT2D eigenvalue weighted by atomic mass is 16.6. The first-order chi connectivity index (χ1) is 23.0. The molecule has 5 atom stereocenters. The Hall–Kier alpha value is -5.91. The number of carbonyl (C=O) groups excluding carboxylic acids is 2. The van der Waals surface area contributed by atoms with Gasteiger partial charge < -0.3 is 69.7 Å². The summed E-state index contributed by atoms with van der Waals surface area (Å²) in [6.45, 7) is 2.37. The second kappa shape index (κ2) is 12.9. The Balaban J connectivity index is 1.72. The standard InChI is InChI=1S/C32H30O17/c1-10(2)20-8-15(36)22-13(34)7-14(35)23(27(22)46-20)28-30(49-32(45)12-5-18(39)25(42)19(40)6-12)29(26(43)21(9-33)47-28)48-31(44)11-3-16(37)24(41)17(38)4-11/h3-8,10,21,26,28-30,33-35,37-43H,9H2,1-2H3/t21-,26-,28+,29+,30+/m1/s1. The third kappa shape index (κ3) is 6.24. The van der Waals surface area contributed by atoms with E-state index in [1.807, 2.05) is 0 Å². The van der Waals surface area contributed by atoms with Gasteiger partial charge in [0.2, 0.25) is 0 Å². The molecule has 17 heteroatoms. The monoisotopic (exact) mass is 686 g/mol. The first-order valence-electron chi connectivity index (χ1n) is 14.4. The largest absolute Gasteiger partial charge is 0.507 e. The molecule has 0 saturated carbocycles. The number of aliphatic hydroxyl groups excluding tert-OH is 2. The molecule has 1 aromatic heterocycles. The summed E-state index contributed by atoms with van der Waals surface area (Å²) >= 11 is 0. The molecule has 1 fully saturated rings. The molecule has 5 rings (SSSR count). The van der Waals surface area contributed by atoms with Gasteiger partial charge in [0.15, 0.2) is 57.7 Å². The van der Waals surface area contributed by atoms with E-state index in [1.54, 1.807) is 13.8 Å². The van der Waals surface area contributed by atoms with Gasteiger partial charge in [-0.3, -0.25) is 4.79 Å². The van der Waals surface area contributed by atoms with Crippen LogP contribution >= 0.6 is 0 Å². The summed E-state index contributed by atoms with van der Waals surface area (Å²) < 4.78 is 22.8. The molecule has 0 aliphatic carbocycles. The van der Waals surface area contributed by atoms with Gasteiger partial charge in [-0.15, -0.1) is 0 Å². The van der Waals surface area contributed by atoms with Crippen LogP contribution in [0, 0.1) is 0 Å². The highest BCUT2D eigenvalue weighted by Gasteiger charge is 2.52. The molecule has 260 valence electrons. The van der Waals surface area contributed by atoms with E-state index in [-0.39, 0.29) is 5.76 Å². The molecule has 17 nitrogen and oxygen atoms in total. The Morgan fingerprint density at radius 3 is 1.69 bits per heavy atom. The average Bonchev–Trinajstić information content (AvgIpc) is 3.03. The van der Waals surface area contributed by atoms with Crippen molar-refractivity contribution in [1.82, 2.24) is 0 Å². The van der Waals surface area contributed by atoms with Gasteiger partial charge >= 0.3 is 11.9 Å². The Morgan fingerprint density at radius 2 is 1.22 bits per heavy atom. The van der Waals surface area contributed by atoms with Gasteiger partial charge in [-0.1, -0.05) is 13.8 Å². The topological polar surface area (TPSA) is 294 Å². The van der Waals surface area contributed by atoms with Crippen molar-refractivity contribution >= 4 is 22.9 Å². The Kier molecular flexibility index (Phi) is 9.10. The Bertz CT molecular complexity index is 1970. The quantitative estimate of drug-likeness (QED) is 0.0979. The summed E-state index contributed by atoms with van der Waals surface area (Å²) in [5.41, 5.74) is -2.85. The van der Waals surface area contributed by atoms with Crippen molar-refractivity contribution in [1.29, 1.82) is 0 Å². The zero-order valence-electron chi connectivity index (χ0n) is 25.5. The van der Waals surface area contributed by atoms with Crippen LogP contribution in [0.25, 0.3) is 11.0 Å². The van der Waals surface area contributed by atoms with E-state index in [1.165, 1.54) is 0 Å². The number of rotatable bonds is 7. The molecule has 1 aliphatic rings. The highest BCUT2D eigenvalue weighted by molar-refractivity contribution is 5.93. The van der Waals surface area contributed by atoms with Crippen LogP contribution < -0.4 is 5.43 Å². The van der Waals surface area contributed by atoms with Crippen LogP contribution in [0.15, 0.2) is 45.6 Å². The van der Waals surface area contributed by atoms with Crippen LogP contribution in [0.1, 0.15) is 57.9 Å². The lowest BCUT2D eigenvalue weighted by molar-refractivity contribution is -0.231. The lowest BCUT2D eigenvalue weighted by Crippen LogP contribution is -2.58. The summed E-state index contributed by atoms with van der Waals surface area (Å²) in [4.78, 5) is 39.9. The van der Waals surface area contributed by atoms with E-state index in [0.29, 0.717) is 24.3 Å². The van der Waals surface area contributed by atoms with Crippen molar-refractivity contribution in [3.8, 4) is 46.0 Å². The summed E-state index contributed by atoms with van der Waals surface area (Å²) in [5.74, 6) is -10.3. The molecule has 3 aromatic carbocycles. The van der Waals surface area contributed by atoms with Gasteiger partial charge in [-0.05, 0) is 24.3 Å². The maximum absolute atomic E-state index is 13.5. The van der Waals surface area contributed by atoms with Gasteiger partial charge in [0, 0.05) is 18.1 Å². The summed E-state index contributed by atoms with van der Waals surface area (Å²) in [5, 5.41) is 102. The molecule has 0 amide bonds. The fourth-order valence-corrected chi connectivity index (χ4v) is 5.30. The van der Waals surface area contributed by atoms with Gasteiger partial charge in [0.05, 0.1) is 23.3 Å². The maximum atomic E-state index is 13.5. The molecule has 0 bridgehead atoms. The third-order valence-corrected chi connectivity index (χ3v) is 7.81. The van der Waals surface area contributed by atoms with Crippen molar-refractivity contribution in [3.63, 3.8) is 0 Å². The van der Waals surface area contributed by atoms with Gasteiger partial charge in [-0.2, -0.15) is 0 Å². The maximum Gasteiger partial charge on any atom is 0.338 e. The van der Waals surface area contributed by atoms with Crippen molar-refractivity contribution in [2.75, 3.05) is 6.61 Å². The molecular weight excluding hydrogens is 656 g/mol. The summed E-state index contributed by atoms with van der Waals surface area (Å²) in [6.07, 6.45) is -9.68. The fourth-order valence-electron chi connectivity index (χ4n) is 5.30. The normalized spacial score (nSPS) is 20.7. The first kappa shape index (κ1) is 34.4. The van der Waals surface area contributed by atoms with E-state index in [0.717, 1.165) is 12.1 Å². The predicted molar refractivity (Wildman–Crippen MR) is 162 cm³/mol. The molecule has 0 spiro atoms. The van der Waals surface area contributed by atoms with Crippen LogP contribution in [0.4, 0.5) is 0 Å². The van der Waals surface area contributed by atoms with E-state index in [9.17, 15) is 65.4 Å².